The van der Waals surface area contributed by atoms with Gasteiger partial charge in [-0.1, -0.05) is 91.0 Å². The van der Waals surface area contributed by atoms with Crippen LogP contribution in [-0.2, 0) is 21.7 Å². The minimum absolute atomic E-state index is 0. The number of hydrogen-bond acceptors (Lipinski definition) is 3. The van der Waals surface area contributed by atoms with Gasteiger partial charge in [0.15, 0.2) is 0 Å². The van der Waals surface area contributed by atoms with Crippen LogP contribution >= 0.6 is 0 Å². The Morgan fingerprint density at radius 2 is 0.889 bits per heavy atom. The van der Waals surface area contributed by atoms with E-state index in [0.29, 0.717) is 0 Å². The summed E-state index contributed by atoms with van der Waals surface area (Å²) in [6.45, 7) is 0. The summed E-state index contributed by atoms with van der Waals surface area (Å²) in [5.41, 5.74) is 0. The first-order valence-electron chi connectivity index (χ1n) is 8.06. The molecule has 4 heteroatoms. The minimum atomic E-state index is 0. The monoisotopic (exact) mass is 392 g/mol. The molecule has 0 aliphatic heterocycles. The van der Waals surface area contributed by atoms with Crippen molar-refractivity contribution in [2.24, 2.45) is 0 Å². The van der Waals surface area contributed by atoms with Gasteiger partial charge in [0.05, 0.1) is 0 Å². The molecule has 0 saturated heterocycles. The van der Waals surface area contributed by atoms with Crippen LogP contribution in [0.15, 0.2) is 109 Å². The number of rotatable bonds is 0. The van der Waals surface area contributed by atoms with Gasteiger partial charge < -0.3 is 15.3 Å². The number of allylic oxidation sites excluding steroid dienone is 4. The smallest absolute Gasteiger partial charge is 0.872 e. The summed E-state index contributed by atoms with van der Waals surface area (Å²) in [6.07, 6.45) is 10.0. The molecule has 3 nitrogen and oxygen atoms in total. The molecule has 0 spiro atoms. The maximum atomic E-state index is 10.3. The van der Waals surface area contributed by atoms with Crippen LogP contribution in [-0.4, -0.2) is 0 Å². The normalized spacial score (nSPS) is 9.93. The molecule has 1 aliphatic rings. The van der Waals surface area contributed by atoms with Crippen molar-refractivity contribution in [2.75, 3.05) is 0 Å². The summed E-state index contributed by atoms with van der Waals surface area (Å²) in [5.74, 6) is 0.215. The van der Waals surface area contributed by atoms with E-state index in [0.717, 1.165) is 6.42 Å². The third-order valence-electron chi connectivity index (χ3n) is 2.82. The first-order valence-corrected chi connectivity index (χ1v) is 8.06. The zero-order valence-corrected chi connectivity index (χ0v) is 16.4. The zero-order valence-electron chi connectivity index (χ0n) is 14.8. The van der Waals surface area contributed by atoms with E-state index in [1.807, 2.05) is 30.4 Å². The summed E-state index contributed by atoms with van der Waals surface area (Å²) in [5, 5.41) is 30.8. The van der Waals surface area contributed by atoms with Crippen LogP contribution in [0.5, 0.6) is 17.2 Å². The van der Waals surface area contributed by atoms with Crippen LogP contribution in [0.2, 0.25) is 0 Å². The van der Waals surface area contributed by atoms with E-state index in [1.54, 1.807) is 36.4 Å². The molecule has 0 atom stereocenters. The van der Waals surface area contributed by atoms with Gasteiger partial charge in [-0.25, -0.2) is 12.2 Å². The standard InChI is InChI=1S/3C6H6O.C5H5.Ti/c3*7-6-4-2-1-3-5-6;1-2-4-5-3-1;/h3*1-5,7H;1-3H,4H2;/q;;;-1;+4/p-3. The third kappa shape index (κ3) is 15.2. The Balaban J connectivity index is 0.000000332. The van der Waals surface area contributed by atoms with Crippen LogP contribution in [0.3, 0.4) is 0 Å². The number of para-hydroxylation sites is 3. The van der Waals surface area contributed by atoms with Crippen molar-refractivity contribution in [3.8, 4) is 17.2 Å². The van der Waals surface area contributed by atoms with Crippen LogP contribution in [0, 0.1) is 6.08 Å². The van der Waals surface area contributed by atoms with Gasteiger partial charge in [0, 0.05) is 0 Å². The molecule has 0 amide bonds. The number of benzene rings is 3. The molecule has 0 bridgehead atoms. The Bertz CT molecular complexity index is 643. The molecule has 0 radical (unpaired) electrons. The van der Waals surface area contributed by atoms with Crippen molar-refractivity contribution < 1.29 is 37.0 Å². The van der Waals surface area contributed by atoms with Gasteiger partial charge in [-0.3, -0.25) is 6.08 Å². The molecule has 0 saturated carbocycles. The van der Waals surface area contributed by atoms with E-state index in [9.17, 15) is 15.3 Å². The maximum Gasteiger partial charge on any atom is 4.00 e. The predicted molar refractivity (Wildman–Crippen MR) is 99.2 cm³/mol. The van der Waals surface area contributed by atoms with E-state index in [-0.39, 0.29) is 39.0 Å². The van der Waals surface area contributed by atoms with E-state index in [1.165, 1.54) is 36.4 Å². The van der Waals surface area contributed by atoms with E-state index >= 15 is 0 Å². The molecule has 1 aliphatic carbocycles. The van der Waals surface area contributed by atoms with Gasteiger partial charge in [0.25, 0.3) is 0 Å². The van der Waals surface area contributed by atoms with Gasteiger partial charge in [0.2, 0.25) is 0 Å². The second kappa shape index (κ2) is 16.7. The Hall–Kier alpha value is -2.75. The fourth-order valence-corrected chi connectivity index (χ4v) is 1.60. The Morgan fingerprint density at radius 1 is 0.556 bits per heavy atom. The van der Waals surface area contributed by atoms with Gasteiger partial charge in [-0.2, -0.15) is 6.08 Å². The Labute approximate surface area is 175 Å². The largest absolute Gasteiger partial charge is 4.00 e. The fraction of sp³-hybridized carbons (Fsp3) is 0.0435. The number of hydrogen-bond donors (Lipinski definition) is 0. The van der Waals surface area contributed by atoms with E-state index in [4.69, 9.17) is 0 Å². The summed E-state index contributed by atoms with van der Waals surface area (Å²) >= 11 is 0. The second-order valence-corrected chi connectivity index (χ2v) is 4.94. The molecule has 3 aromatic carbocycles. The van der Waals surface area contributed by atoms with Crippen molar-refractivity contribution >= 4 is 0 Å². The van der Waals surface area contributed by atoms with Crippen molar-refractivity contribution in [3.05, 3.63) is 115 Å². The molecular weight excluding hydrogens is 372 g/mol. The average Bonchev–Trinajstić information content (AvgIpc) is 3.25. The molecule has 27 heavy (non-hydrogen) atoms. The SMILES string of the molecule is [C-]1=CC=CC1.[O-]c1ccccc1.[O-]c1ccccc1.[O-]c1ccccc1.[Ti+4]. The topological polar surface area (TPSA) is 69.2 Å². The molecule has 0 heterocycles. The summed E-state index contributed by atoms with van der Waals surface area (Å²) in [4.78, 5) is 0. The Kier molecular flexibility index (Phi) is 15.0. The van der Waals surface area contributed by atoms with Crippen LogP contribution < -0.4 is 15.3 Å². The van der Waals surface area contributed by atoms with Gasteiger partial charge in [-0.05, 0) is 0 Å². The van der Waals surface area contributed by atoms with Crippen molar-refractivity contribution in [1.29, 1.82) is 0 Å². The zero-order chi connectivity index (χ0) is 18.9. The molecule has 3 aromatic rings. The predicted octanol–water partition coefficient (Wildman–Crippen LogP) is 3.58. The fourth-order valence-electron chi connectivity index (χ4n) is 1.60. The van der Waals surface area contributed by atoms with Crippen molar-refractivity contribution in [2.45, 2.75) is 6.42 Å². The van der Waals surface area contributed by atoms with Crippen LogP contribution in [0.25, 0.3) is 0 Å². The quantitative estimate of drug-likeness (QED) is 0.434. The molecule has 0 N–H and O–H groups in total. The van der Waals surface area contributed by atoms with Gasteiger partial charge in [0.1, 0.15) is 0 Å². The first kappa shape index (κ1) is 24.3. The van der Waals surface area contributed by atoms with Crippen LogP contribution in [0.1, 0.15) is 6.42 Å². The summed E-state index contributed by atoms with van der Waals surface area (Å²) in [7, 11) is 0. The molecule has 0 unspecified atom stereocenters. The van der Waals surface area contributed by atoms with E-state index < -0.39 is 0 Å². The second-order valence-electron chi connectivity index (χ2n) is 4.94. The van der Waals surface area contributed by atoms with Gasteiger partial charge >= 0.3 is 21.7 Å². The first-order chi connectivity index (χ1) is 12.7. The molecular formula is C23H20O3Ti. The molecule has 0 aromatic heterocycles. The molecule has 0 fully saturated rings. The molecule has 4 rings (SSSR count). The summed E-state index contributed by atoms with van der Waals surface area (Å²) in [6, 6.07) is 25.0. The van der Waals surface area contributed by atoms with E-state index in [2.05, 4.69) is 12.2 Å². The van der Waals surface area contributed by atoms with Crippen LogP contribution in [0.4, 0.5) is 0 Å². The minimum Gasteiger partial charge on any atom is -0.872 e. The van der Waals surface area contributed by atoms with Crippen molar-refractivity contribution in [1.82, 2.24) is 0 Å². The maximum absolute atomic E-state index is 10.3. The molecule has 134 valence electrons. The third-order valence-corrected chi connectivity index (χ3v) is 2.82. The van der Waals surface area contributed by atoms with Gasteiger partial charge in [-0.15, -0.1) is 23.7 Å². The summed E-state index contributed by atoms with van der Waals surface area (Å²) < 4.78 is 0. The Morgan fingerprint density at radius 3 is 1.00 bits per heavy atom. The average molecular weight is 392 g/mol. The van der Waals surface area contributed by atoms with Crippen molar-refractivity contribution in [3.63, 3.8) is 0 Å².